The van der Waals surface area contributed by atoms with Crippen molar-refractivity contribution in [3.63, 3.8) is 0 Å². The lowest BCUT2D eigenvalue weighted by molar-refractivity contribution is 0.472. The second-order valence-electron chi connectivity index (χ2n) is 3.77. The Labute approximate surface area is 92.7 Å². The summed E-state index contributed by atoms with van der Waals surface area (Å²) in [5.41, 5.74) is 2.03. The van der Waals surface area contributed by atoms with Crippen LogP contribution >= 0.6 is 0 Å². The van der Waals surface area contributed by atoms with E-state index in [0.717, 1.165) is 24.5 Å². The van der Waals surface area contributed by atoms with E-state index in [1.165, 1.54) is 0 Å². The summed E-state index contributed by atoms with van der Waals surface area (Å²) in [6.07, 6.45) is 1.60. The molecule has 0 bridgehead atoms. The maximum Gasteiger partial charge on any atom is 0.143 e. The molecule has 2 aromatic rings. The van der Waals surface area contributed by atoms with E-state index < -0.39 is 0 Å². The molecule has 3 rings (SSSR count). The smallest absolute Gasteiger partial charge is 0.143 e. The van der Waals surface area contributed by atoms with Gasteiger partial charge >= 0.3 is 0 Å². The van der Waals surface area contributed by atoms with Crippen molar-refractivity contribution >= 4 is 5.69 Å². The number of aromatic nitrogens is 4. The molecule has 0 spiro atoms. The number of anilines is 1. The molecule has 0 amide bonds. The molecule has 16 heavy (non-hydrogen) atoms. The quantitative estimate of drug-likeness (QED) is 0.758. The fraction of sp³-hybridized carbons (Fsp3) is 0.300. The standard InChI is InChI=1S/C10H12N6/c1-2-4-10(16-7-12-14-15-16)9(3-1)13-8-5-11-6-8/h1-4,7-8,11,13H,5-6H2. The summed E-state index contributed by atoms with van der Waals surface area (Å²) in [5.74, 6) is 0. The van der Waals surface area contributed by atoms with Gasteiger partial charge in [0, 0.05) is 13.1 Å². The Morgan fingerprint density at radius 1 is 1.31 bits per heavy atom. The van der Waals surface area contributed by atoms with Crippen LogP contribution in [0.4, 0.5) is 5.69 Å². The van der Waals surface area contributed by atoms with Gasteiger partial charge in [-0.1, -0.05) is 12.1 Å². The van der Waals surface area contributed by atoms with E-state index in [0.29, 0.717) is 6.04 Å². The maximum atomic E-state index is 3.90. The normalized spacial score (nSPS) is 15.8. The van der Waals surface area contributed by atoms with Gasteiger partial charge in [-0.05, 0) is 22.6 Å². The fourth-order valence-corrected chi connectivity index (χ4v) is 1.68. The molecule has 0 radical (unpaired) electrons. The van der Waals surface area contributed by atoms with Gasteiger partial charge in [0.25, 0.3) is 0 Å². The van der Waals surface area contributed by atoms with Crippen molar-refractivity contribution in [2.24, 2.45) is 0 Å². The Balaban J connectivity index is 1.91. The third kappa shape index (κ3) is 1.63. The van der Waals surface area contributed by atoms with E-state index in [1.807, 2.05) is 24.3 Å². The first-order valence-electron chi connectivity index (χ1n) is 5.23. The summed E-state index contributed by atoms with van der Waals surface area (Å²) in [7, 11) is 0. The highest BCUT2D eigenvalue weighted by atomic mass is 15.5. The Bertz CT molecular complexity index is 462. The van der Waals surface area contributed by atoms with Gasteiger partial charge in [0.05, 0.1) is 17.4 Å². The van der Waals surface area contributed by atoms with Gasteiger partial charge in [-0.3, -0.25) is 0 Å². The molecular weight excluding hydrogens is 204 g/mol. The zero-order chi connectivity index (χ0) is 10.8. The van der Waals surface area contributed by atoms with Gasteiger partial charge in [-0.25, -0.2) is 0 Å². The fourth-order valence-electron chi connectivity index (χ4n) is 1.68. The molecule has 0 atom stereocenters. The van der Waals surface area contributed by atoms with Crippen LogP contribution in [0.15, 0.2) is 30.6 Å². The zero-order valence-electron chi connectivity index (χ0n) is 8.67. The molecule has 1 aromatic heterocycles. The first-order chi connectivity index (χ1) is 7.93. The first-order valence-corrected chi connectivity index (χ1v) is 5.23. The van der Waals surface area contributed by atoms with Gasteiger partial charge in [0.2, 0.25) is 0 Å². The highest BCUT2D eigenvalue weighted by Crippen LogP contribution is 2.19. The van der Waals surface area contributed by atoms with Crippen molar-refractivity contribution in [2.45, 2.75) is 6.04 Å². The Kier molecular flexibility index (Phi) is 2.26. The number of tetrazole rings is 1. The topological polar surface area (TPSA) is 67.7 Å². The minimum atomic E-state index is 0.498. The molecule has 1 aliphatic rings. The molecule has 2 heterocycles. The third-order valence-electron chi connectivity index (χ3n) is 2.64. The lowest BCUT2D eigenvalue weighted by Crippen LogP contribution is -2.51. The van der Waals surface area contributed by atoms with Crippen LogP contribution in [0.25, 0.3) is 5.69 Å². The van der Waals surface area contributed by atoms with E-state index in [9.17, 15) is 0 Å². The van der Waals surface area contributed by atoms with Crippen LogP contribution in [0.1, 0.15) is 0 Å². The van der Waals surface area contributed by atoms with Gasteiger partial charge in [0.15, 0.2) is 0 Å². The molecule has 2 N–H and O–H groups in total. The predicted octanol–water partition coefficient (Wildman–Crippen LogP) is 0.0460. The van der Waals surface area contributed by atoms with E-state index in [4.69, 9.17) is 0 Å². The van der Waals surface area contributed by atoms with E-state index >= 15 is 0 Å². The van der Waals surface area contributed by atoms with Crippen molar-refractivity contribution in [2.75, 3.05) is 18.4 Å². The molecular formula is C10H12N6. The lowest BCUT2D eigenvalue weighted by Gasteiger charge is -2.29. The molecule has 6 heteroatoms. The molecule has 0 aliphatic carbocycles. The third-order valence-corrected chi connectivity index (χ3v) is 2.64. The summed E-state index contributed by atoms with van der Waals surface area (Å²) in [4.78, 5) is 0. The number of hydrogen-bond donors (Lipinski definition) is 2. The van der Waals surface area contributed by atoms with Crippen molar-refractivity contribution in [3.8, 4) is 5.69 Å². The molecule has 0 unspecified atom stereocenters. The molecule has 1 aliphatic heterocycles. The first kappa shape index (κ1) is 9.29. The van der Waals surface area contributed by atoms with Gasteiger partial charge in [0.1, 0.15) is 6.33 Å². The minimum absolute atomic E-state index is 0.498. The summed E-state index contributed by atoms with van der Waals surface area (Å²) < 4.78 is 1.66. The average Bonchev–Trinajstić information content (AvgIpc) is 2.77. The van der Waals surface area contributed by atoms with Crippen LogP contribution in [0.5, 0.6) is 0 Å². The lowest BCUT2D eigenvalue weighted by atomic mass is 10.1. The maximum absolute atomic E-state index is 3.90. The summed E-state index contributed by atoms with van der Waals surface area (Å²) >= 11 is 0. The number of nitrogens with one attached hydrogen (secondary N) is 2. The van der Waals surface area contributed by atoms with E-state index in [1.54, 1.807) is 11.0 Å². The summed E-state index contributed by atoms with van der Waals surface area (Å²) in [5, 5.41) is 17.9. The zero-order valence-corrected chi connectivity index (χ0v) is 8.67. The highest BCUT2D eigenvalue weighted by Gasteiger charge is 2.17. The van der Waals surface area contributed by atoms with Crippen molar-refractivity contribution in [1.82, 2.24) is 25.5 Å². The Morgan fingerprint density at radius 2 is 2.19 bits per heavy atom. The largest absolute Gasteiger partial charge is 0.378 e. The summed E-state index contributed by atoms with van der Waals surface area (Å²) in [6.45, 7) is 2.01. The van der Waals surface area contributed by atoms with Crippen LogP contribution < -0.4 is 10.6 Å². The number of para-hydroxylation sites is 2. The molecule has 6 nitrogen and oxygen atoms in total. The highest BCUT2D eigenvalue weighted by molar-refractivity contribution is 5.61. The molecule has 1 aromatic carbocycles. The summed E-state index contributed by atoms with van der Waals surface area (Å²) in [6, 6.07) is 8.50. The van der Waals surface area contributed by atoms with Gasteiger partial charge < -0.3 is 10.6 Å². The van der Waals surface area contributed by atoms with Crippen LogP contribution in [-0.4, -0.2) is 39.3 Å². The number of nitrogens with zero attached hydrogens (tertiary/aromatic N) is 4. The van der Waals surface area contributed by atoms with Gasteiger partial charge in [-0.2, -0.15) is 4.68 Å². The van der Waals surface area contributed by atoms with Crippen LogP contribution in [0.3, 0.4) is 0 Å². The van der Waals surface area contributed by atoms with E-state index in [-0.39, 0.29) is 0 Å². The Morgan fingerprint density at radius 3 is 2.88 bits per heavy atom. The molecule has 0 saturated carbocycles. The van der Waals surface area contributed by atoms with Gasteiger partial charge in [-0.15, -0.1) is 5.10 Å². The van der Waals surface area contributed by atoms with E-state index in [2.05, 4.69) is 26.2 Å². The van der Waals surface area contributed by atoms with Crippen molar-refractivity contribution in [1.29, 1.82) is 0 Å². The number of benzene rings is 1. The molecule has 82 valence electrons. The van der Waals surface area contributed by atoms with Crippen LogP contribution in [-0.2, 0) is 0 Å². The number of rotatable bonds is 3. The Hall–Kier alpha value is -1.95. The molecule has 1 fully saturated rings. The average molecular weight is 216 g/mol. The second kappa shape index (κ2) is 3.90. The van der Waals surface area contributed by atoms with Crippen LogP contribution in [0.2, 0.25) is 0 Å². The molecule has 1 saturated heterocycles. The SMILES string of the molecule is c1ccc(-n2cnnn2)c(NC2CNC2)c1. The van der Waals surface area contributed by atoms with Crippen molar-refractivity contribution < 1.29 is 0 Å². The van der Waals surface area contributed by atoms with Crippen molar-refractivity contribution in [3.05, 3.63) is 30.6 Å². The predicted molar refractivity (Wildman–Crippen MR) is 59.4 cm³/mol. The number of hydrogen-bond acceptors (Lipinski definition) is 5. The minimum Gasteiger partial charge on any atom is -0.378 e. The monoisotopic (exact) mass is 216 g/mol. The second-order valence-corrected chi connectivity index (χ2v) is 3.77. The van der Waals surface area contributed by atoms with Crippen LogP contribution in [0, 0.1) is 0 Å².